The number of amides is 2. The van der Waals surface area contributed by atoms with Crippen LogP contribution >= 0.6 is 0 Å². The Labute approximate surface area is 160 Å². The van der Waals surface area contributed by atoms with Crippen LogP contribution in [0, 0.1) is 5.82 Å². The van der Waals surface area contributed by atoms with Crippen molar-refractivity contribution in [1.82, 2.24) is 15.4 Å². The van der Waals surface area contributed by atoms with Crippen LogP contribution in [0.1, 0.15) is 21.5 Å². The standard InChI is InChI=1S/C21H18FN3O3/c22-18-9-6-15(7-10-18)12-19(26)23-24-21(28)17-8-11-20(27)25(14-17)13-16-4-2-1-3-5-16/h1-11,14H,12-13H2,(H,23,26)(H,24,28). The van der Waals surface area contributed by atoms with Gasteiger partial charge in [0.1, 0.15) is 5.82 Å². The van der Waals surface area contributed by atoms with Gasteiger partial charge in [-0.05, 0) is 29.3 Å². The molecule has 0 radical (unpaired) electrons. The van der Waals surface area contributed by atoms with Crippen LogP contribution in [0.5, 0.6) is 0 Å². The van der Waals surface area contributed by atoms with Crippen molar-refractivity contribution in [3.8, 4) is 0 Å². The molecule has 3 rings (SSSR count). The molecule has 0 fully saturated rings. The molecule has 0 atom stereocenters. The second-order valence-corrected chi connectivity index (χ2v) is 6.18. The monoisotopic (exact) mass is 379 g/mol. The van der Waals surface area contributed by atoms with Crippen molar-refractivity contribution in [2.75, 3.05) is 0 Å². The van der Waals surface area contributed by atoms with E-state index in [9.17, 15) is 18.8 Å². The van der Waals surface area contributed by atoms with E-state index in [-0.39, 0.29) is 23.4 Å². The predicted octanol–water partition coefficient (Wildman–Crippen LogP) is 2.04. The first-order chi connectivity index (χ1) is 13.5. The van der Waals surface area contributed by atoms with Crippen LogP contribution in [-0.2, 0) is 17.8 Å². The Kier molecular flexibility index (Phi) is 5.96. The summed E-state index contributed by atoms with van der Waals surface area (Å²) in [6.07, 6.45) is 1.44. The molecule has 0 aliphatic rings. The molecule has 3 aromatic rings. The van der Waals surface area contributed by atoms with Gasteiger partial charge in [-0.3, -0.25) is 25.2 Å². The van der Waals surface area contributed by atoms with Gasteiger partial charge in [-0.1, -0.05) is 42.5 Å². The highest BCUT2D eigenvalue weighted by molar-refractivity contribution is 5.95. The molecule has 28 heavy (non-hydrogen) atoms. The van der Waals surface area contributed by atoms with Crippen molar-refractivity contribution in [3.63, 3.8) is 0 Å². The van der Waals surface area contributed by atoms with Crippen molar-refractivity contribution in [3.05, 3.63) is 106 Å². The maximum atomic E-state index is 12.9. The fourth-order valence-corrected chi connectivity index (χ4v) is 2.60. The smallest absolute Gasteiger partial charge is 0.271 e. The van der Waals surface area contributed by atoms with Gasteiger partial charge in [-0.25, -0.2) is 4.39 Å². The lowest BCUT2D eigenvalue weighted by Gasteiger charge is -2.10. The van der Waals surface area contributed by atoms with E-state index in [1.54, 1.807) is 0 Å². The van der Waals surface area contributed by atoms with Crippen molar-refractivity contribution < 1.29 is 14.0 Å². The Bertz CT molecular complexity index is 1030. The SMILES string of the molecule is O=C(Cc1ccc(F)cc1)NNC(=O)c1ccc(=O)n(Cc2ccccc2)c1. The van der Waals surface area contributed by atoms with Crippen molar-refractivity contribution in [1.29, 1.82) is 0 Å². The van der Waals surface area contributed by atoms with Gasteiger partial charge in [-0.15, -0.1) is 0 Å². The molecule has 0 aliphatic carbocycles. The fraction of sp³-hybridized carbons (Fsp3) is 0.0952. The number of benzene rings is 2. The van der Waals surface area contributed by atoms with E-state index in [0.29, 0.717) is 12.1 Å². The summed E-state index contributed by atoms with van der Waals surface area (Å²) in [6.45, 7) is 0.331. The number of carbonyl (C=O) groups excluding carboxylic acids is 2. The summed E-state index contributed by atoms with van der Waals surface area (Å²) in [7, 11) is 0. The molecule has 1 aromatic heterocycles. The molecule has 2 aromatic carbocycles. The first kappa shape index (κ1) is 19.0. The molecule has 0 aliphatic heterocycles. The fourth-order valence-electron chi connectivity index (χ4n) is 2.60. The third kappa shape index (κ3) is 5.14. The lowest BCUT2D eigenvalue weighted by Crippen LogP contribution is -2.42. The number of rotatable bonds is 5. The quantitative estimate of drug-likeness (QED) is 0.666. The zero-order valence-electron chi connectivity index (χ0n) is 14.9. The van der Waals surface area contributed by atoms with Crippen LogP contribution in [-0.4, -0.2) is 16.4 Å². The van der Waals surface area contributed by atoms with E-state index in [2.05, 4.69) is 10.9 Å². The van der Waals surface area contributed by atoms with Gasteiger partial charge in [0.05, 0.1) is 18.5 Å². The number of hydrogen-bond donors (Lipinski definition) is 2. The molecule has 0 bridgehead atoms. The molecule has 0 saturated carbocycles. The maximum absolute atomic E-state index is 12.9. The summed E-state index contributed by atoms with van der Waals surface area (Å²) in [6, 6.07) is 17.6. The maximum Gasteiger partial charge on any atom is 0.271 e. The highest BCUT2D eigenvalue weighted by atomic mass is 19.1. The van der Waals surface area contributed by atoms with E-state index in [0.717, 1.165) is 5.56 Å². The van der Waals surface area contributed by atoms with Crippen molar-refractivity contribution in [2.45, 2.75) is 13.0 Å². The van der Waals surface area contributed by atoms with E-state index in [1.165, 1.54) is 47.2 Å². The Balaban J connectivity index is 1.61. The molecule has 2 N–H and O–H groups in total. The molecule has 1 heterocycles. The summed E-state index contributed by atoms with van der Waals surface area (Å²) in [5, 5.41) is 0. The number of halogens is 1. The largest absolute Gasteiger partial charge is 0.310 e. The summed E-state index contributed by atoms with van der Waals surface area (Å²) in [4.78, 5) is 36.2. The minimum absolute atomic E-state index is 0.00589. The third-order valence-corrected chi connectivity index (χ3v) is 4.03. The molecular weight excluding hydrogens is 361 g/mol. The second kappa shape index (κ2) is 8.77. The molecule has 0 unspecified atom stereocenters. The number of hydrazine groups is 1. The number of aromatic nitrogens is 1. The van der Waals surface area contributed by atoms with E-state index >= 15 is 0 Å². The third-order valence-electron chi connectivity index (χ3n) is 4.03. The Morgan fingerprint density at radius 1 is 0.857 bits per heavy atom. The van der Waals surface area contributed by atoms with Gasteiger partial charge in [0, 0.05) is 12.3 Å². The molecule has 0 spiro atoms. The van der Waals surface area contributed by atoms with Crippen LogP contribution in [0.15, 0.2) is 77.7 Å². The highest BCUT2D eigenvalue weighted by Gasteiger charge is 2.10. The topological polar surface area (TPSA) is 80.2 Å². The predicted molar refractivity (Wildman–Crippen MR) is 102 cm³/mol. The number of hydrogen-bond acceptors (Lipinski definition) is 3. The summed E-state index contributed by atoms with van der Waals surface area (Å²) >= 11 is 0. The first-order valence-corrected chi connectivity index (χ1v) is 8.59. The van der Waals surface area contributed by atoms with Crippen LogP contribution in [0.2, 0.25) is 0 Å². The molecule has 6 nitrogen and oxygen atoms in total. The second-order valence-electron chi connectivity index (χ2n) is 6.18. The van der Waals surface area contributed by atoms with Gasteiger partial charge in [0.2, 0.25) is 5.91 Å². The minimum atomic E-state index is -0.547. The Morgan fingerprint density at radius 3 is 2.29 bits per heavy atom. The zero-order chi connectivity index (χ0) is 19.9. The summed E-state index contributed by atoms with van der Waals surface area (Å²) in [5.74, 6) is -1.38. The molecule has 2 amide bonds. The van der Waals surface area contributed by atoms with Crippen LogP contribution in [0.3, 0.4) is 0 Å². The van der Waals surface area contributed by atoms with Crippen molar-refractivity contribution >= 4 is 11.8 Å². The van der Waals surface area contributed by atoms with E-state index < -0.39 is 11.8 Å². The van der Waals surface area contributed by atoms with Gasteiger partial charge < -0.3 is 4.57 Å². The van der Waals surface area contributed by atoms with Gasteiger partial charge >= 0.3 is 0 Å². The minimum Gasteiger partial charge on any atom is -0.310 e. The molecule has 7 heteroatoms. The normalized spacial score (nSPS) is 10.3. The highest BCUT2D eigenvalue weighted by Crippen LogP contribution is 2.04. The molecule has 0 saturated heterocycles. The zero-order valence-corrected chi connectivity index (χ0v) is 14.9. The van der Waals surface area contributed by atoms with E-state index in [1.807, 2.05) is 30.3 Å². The van der Waals surface area contributed by atoms with Crippen molar-refractivity contribution in [2.24, 2.45) is 0 Å². The summed E-state index contributed by atoms with van der Waals surface area (Å²) < 4.78 is 14.3. The Hall–Kier alpha value is -3.74. The first-order valence-electron chi connectivity index (χ1n) is 8.59. The van der Waals surface area contributed by atoms with Crippen LogP contribution < -0.4 is 16.4 Å². The molecular formula is C21H18FN3O3. The lowest BCUT2D eigenvalue weighted by molar-refractivity contribution is -0.121. The van der Waals surface area contributed by atoms with Gasteiger partial charge in [-0.2, -0.15) is 0 Å². The number of nitrogens with one attached hydrogen (secondary N) is 2. The average molecular weight is 379 g/mol. The number of carbonyl (C=O) groups is 2. The summed E-state index contributed by atoms with van der Waals surface area (Å²) in [5.41, 5.74) is 6.16. The van der Waals surface area contributed by atoms with Crippen LogP contribution in [0.4, 0.5) is 4.39 Å². The van der Waals surface area contributed by atoms with Crippen LogP contribution in [0.25, 0.3) is 0 Å². The average Bonchev–Trinajstić information content (AvgIpc) is 2.70. The number of nitrogens with zero attached hydrogens (tertiary/aromatic N) is 1. The van der Waals surface area contributed by atoms with Gasteiger partial charge in [0.25, 0.3) is 11.5 Å². The van der Waals surface area contributed by atoms with Gasteiger partial charge in [0.15, 0.2) is 0 Å². The molecule has 142 valence electrons. The Morgan fingerprint density at radius 2 is 1.57 bits per heavy atom. The van der Waals surface area contributed by atoms with E-state index in [4.69, 9.17) is 0 Å². The lowest BCUT2D eigenvalue weighted by atomic mass is 10.1. The number of pyridine rings is 1.